The number of rotatable bonds is 4. The standard InChI is InChI=1S/C17H19F2NO/c1-10-5-3-4-6-12(10)14(9-20)17(21)13-7-11(2)15(18)8-16(13)19/h3-8,14,17,21H,9,20H2,1-2H3. The highest BCUT2D eigenvalue weighted by Crippen LogP contribution is 2.34. The van der Waals surface area contributed by atoms with Gasteiger partial charge in [-0.25, -0.2) is 8.78 Å². The Hall–Kier alpha value is -1.78. The lowest BCUT2D eigenvalue weighted by Crippen LogP contribution is -2.22. The summed E-state index contributed by atoms with van der Waals surface area (Å²) < 4.78 is 27.3. The fourth-order valence-corrected chi connectivity index (χ4v) is 2.55. The van der Waals surface area contributed by atoms with Gasteiger partial charge in [0.05, 0.1) is 6.10 Å². The van der Waals surface area contributed by atoms with Crippen molar-refractivity contribution in [2.24, 2.45) is 5.73 Å². The van der Waals surface area contributed by atoms with Crippen molar-refractivity contribution < 1.29 is 13.9 Å². The first-order valence-corrected chi connectivity index (χ1v) is 6.85. The zero-order valence-corrected chi connectivity index (χ0v) is 12.1. The van der Waals surface area contributed by atoms with Crippen molar-refractivity contribution in [3.05, 3.63) is 70.3 Å². The predicted octanol–water partition coefficient (Wildman–Crippen LogP) is 3.36. The van der Waals surface area contributed by atoms with E-state index in [0.717, 1.165) is 17.2 Å². The summed E-state index contributed by atoms with van der Waals surface area (Å²) in [6.07, 6.45) is -1.12. The molecule has 3 N–H and O–H groups in total. The summed E-state index contributed by atoms with van der Waals surface area (Å²) in [5.41, 5.74) is 7.99. The average molecular weight is 291 g/mol. The van der Waals surface area contributed by atoms with Crippen LogP contribution in [0.25, 0.3) is 0 Å². The van der Waals surface area contributed by atoms with Gasteiger partial charge >= 0.3 is 0 Å². The Morgan fingerprint density at radius 2 is 1.67 bits per heavy atom. The van der Waals surface area contributed by atoms with Crippen molar-refractivity contribution in [2.45, 2.75) is 25.9 Å². The highest BCUT2D eigenvalue weighted by Gasteiger charge is 2.25. The molecule has 21 heavy (non-hydrogen) atoms. The third-order valence-electron chi connectivity index (χ3n) is 3.82. The highest BCUT2D eigenvalue weighted by atomic mass is 19.1. The summed E-state index contributed by atoms with van der Waals surface area (Å²) in [5, 5.41) is 10.5. The second-order valence-electron chi connectivity index (χ2n) is 5.27. The van der Waals surface area contributed by atoms with Crippen LogP contribution in [0.3, 0.4) is 0 Å². The molecule has 2 aromatic carbocycles. The van der Waals surface area contributed by atoms with E-state index in [1.54, 1.807) is 0 Å². The van der Waals surface area contributed by atoms with Gasteiger partial charge in [-0.2, -0.15) is 0 Å². The van der Waals surface area contributed by atoms with Crippen LogP contribution in [0.1, 0.15) is 34.3 Å². The molecular weight excluding hydrogens is 272 g/mol. The highest BCUT2D eigenvalue weighted by molar-refractivity contribution is 5.35. The number of nitrogens with two attached hydrogens (primary N) is 1. The molecule has 0 amide bonds. The molecule has 2 atom stereocenters. The van der Waals surface area contributed by atoms with Gasteiger partial charge in [0.25, 0.3) is 0 Å². The Labute approximate surface area is 123 Å². The molecule has 0 saturated heterocycles. The van der Waals surface area contributed by atoms with Crippen LogP contribution >= 0.6 is 0 Å². The van der Waals surface area contributed by atoms with E-state index in [-0.39, 0.29) is 12.1 Å². The molecule has 0 fully saturated rings. The monoisotopic (exact) mass is 291 g/mol. The van der Waals surface area contributed by atoms with Gasteiger partial charge in [0.15, 0.2) is 0 Å². The molecular formula is C17H19F2NO. The number of hydrogen-bond acceptors (Lipinski definition) is 2. The van der Waals surface area contributed by atoms with E-state index in [1.165, 1.54) is 13.0 Å². The molecule has 2 aromatic rings. The average Bonchev–Trinajstić information content (AvgIpc) is 2.45. The minimum Gasteiger partial charge on any atom is -0.388 e. The fraction of sp³-hybridized carbons (Fsp3) is 0.294. The van der Waals surface area contributed by atoms with E-state index in [9.17, 15) is 13.9 Å². The summed E-state index contributed by atoms with van der Waals surface area (Å²) in [7, 11) is 0. The van der Waals surface area contributed by atoms with Gasteiger partial charge in [-0.1, -0.05) is 24.3 Å². The number of benzene rings is 2. The van der Waals surface area contributed by atoms with E-state index in [4.69, 9.17) is 5.73 Å². The number of aliphatic hydroxyl groups excluding tert-OH is 1. The summed E-state index contributed by atoms with van der Waals surface area (Å²) in [4.78, 5) is 0. The van der Waals surface area contributed by atoms with Crippen LogP contribution < -0.4 is 5.73 Å². The summed E-state index contributed by atoms with van der Waals surface area (Å²) in [6, 6.07) is 9.67. The third-order valence-corrected chi connectivity index (χ3v) is 3.82. The second-order valence-corrected chi connectivity index (χ2v) is 5.27. The Balaban J connectivity index is 2.44. The molecule has 2 rings (SSSR count). The molecule has 0 aliphatic rings. The van der Waals surface area contributed by atoms with Crippen LogP contribution in [-0.2, 0) is 0 Å². The molecule has 112 valence electrons. The number of aliphatic hydroxyl groups is 1. The van der Waals surface area contributed by atoms with E-state index in [1.807, 2.05) is 31.2 Å². The van der Waals surface area contributed by atoms with Crippen molar-refractivity contribution in [1.29, 1.82) is 0 Å². The number of hydrogen-bond donors (Lipinski definition) is 2. The number of halogens is 2. The molecule has 0 saturated carbocycles. The SMILES string of the molecule is Cc1cc(C(O)C(CN)c2ccccc2C)c(F)cc1F. The molecule has 0 aliphatic carbocycles. The smallest absolute Gasteiger partial charge is 0.131 e. The van der Waals surface area contributed by atoms with E-state index in [2.05, 4.69) is 0 Å². The summed E-state index contributed by atoms with van der Waals surface area (Å²) in [6.45, 7) is 3.62. The van der Waals surface area contributed by atoms with E-state index >= 15 is 0 Å². The quantitative estimate of drug-likeness (QED) is 0.907. The zero-order chi connectivity index (χ0) is 15.6. The molecule has 0 aromatic heterocycles. The third kappa shape index (κ3) is 3.12. The van der Waals surface area contributed by atoms with Crippen LogP contribution in [0.4, 0.5) is 8.78 Å². The Bertz CT molecular complexity index is 643. The lowest BCUT2D eigenvalue weighted by Gasteiger charge is -2.24. The van der Waals surface area contributed by atoms with Crippen molar-refractivity contribution in [2.75, 3.05) is 6.54 Å². The zero-order valence-electron chi connectivity index (χ0n) is 12.1. The van der Waals surface area contributed by atoms with Crippen molar-refractivity contribution >= 4 is 0 Å². The van der Waals surface area contributed by atoms with Crippen LogP contribution in [0.5, 0.6) is 0 Å². The number of aryl methyl sites for hydroxylation is 2. The topological polar surface area (TPSA) is 46.2 Å². The van der Waals surface area contributed by atoms with Crippen LogP contribution in [-0.4, -0.2) is 11.7 Å². The van der Waals surface area contributed by atoms with Crippen molar-refractivity contribution in [1.82, 2.24) is 0 Å². The first-order chi connectivity index (χ1) is 9.95. The maximum Gasteiger partial charge on any atom is 0.131 e. The van der Waals surface area contributed by atoms with Gasteiger partial charge in [-0.05, 0) is 36.6 Å². The largest absolute Gasteiger partial charge is 0.388 e. The molecule has 0 radical (unpaired) electrons. The summed E-state index contributed by atoms with van der Waals surface area (Å²) in [5.74, 6) is -1.81. The minimum absolute atomic E-state index is 0.0765. The van der Waals surface area contributed by atoms with Gasteiger partial charge < -0.3 is 10.8 Å². The lowest BCUT2D eigenvalue weighted by atomic mass is 9.86. The van der Waals surface area contributed by atoms with Crippen LogP contribution in [0.15, 0.2) is 36.4 Å². The normalized spacial score (nSPS) is 14.0. The lowest BCUT2D eigenvalue weighted by molar-refractivity contribution is 0.142. The summed E-state index contributed by atoms with van der Waals surface area (Å²) >= 11 is 0. The van der Waals surface area contributed by atoms with E-state index in [0.29, 0.717) is 5.56 Å². The molecule has 0 aliphatic heterocycles. The molecule has 4 heteroatoms. The van der Waals surface area contributed by atoms with E-state index < -0.39 is 23.7 Å². The molecule has 0 spiro atoms. The van der Waals surface area contributed by atoms with Gasteiger partial charge in [0.2, 0.25) is 0 Å². The van der Waals surface area contributed by atoms with Crippen molar-refractivity contribution in [3.63, 3.8) is 0 Å². The maximum atomic E-state index is 14.0. The van der Waals surface area contributed by atoms with Gasteiger partial charge in [-0.15, -0.1) is 0 Å². The Kier molecular flexibility index (Phi) is 4.70. The maximum absolute atomic E-state index is 14.0. The van der Waals surface area contributed by atoms with Gasteiger partial charge in [0, 0.05) is 24.1 Å². The first kappa shape index (κ1) is 15.6. The minimum atomic E-state index is -1.12. The Morgan fingerprint density at radius 3 is 2.29 bits per heavy atom. The first-order valence-electron chi connectivity index (χ1n) is 6.85. The molecule has 0 bridgehead atoms. The molecule has 2 unspecified atom stereocenters. The second kappa shape index (κ2) is 6.33. The van der Waals surface area contributed by atoms with Crippen LogP contribution in [0, 0.1) is 25.5 Å². The van der Waals surface area contributed by atoms with Gasteiger partial charge in [0.1, 0.15) is 11.6 Å². The molecule has 2 nitrogen and oxygen atoms in total. The van der Waals surface area contributed by atoms with Crippen LogP contribution in [0.2, 0.25) is 0 Å². The Morgan fingerprint density at radius 1 is 1.00 bits per heavy atom. The van der Waals surface area contributed by atoms with Gasteiger partial charge in [-0.3, -0.25) is 0 Å². The fourth-order valence-electron chi connectivity index (χ4n) is 2.55. The van der Waals surface area contributed by atoms with Crippen molar-refractivity contribution in [3.8, 4) is 0 Å². The predicted molar refractivity (Wildman–Crippen MR) is 79.0 cm³/mol. The molecule has 0 heterocycles.